The van der Waals surface area contributed by atoms with E-state index in [2.05, 4.69) is 35.0 Å². The first kappa shape index (κ1) is 14.7. The molecule has 0 aliphatic heterocycles. The lowest BCUT2D eigenvalue weighted by Crippen LogP contribution is -2.07. The molecule has 0 aliphatic carbocycles. The van der Waals surface area contributed by atoms with E-state index in [-0.39, 0.29) is 11.9 Å². The largest absolute Gasteiger partial charge is 0.323 e. The summed E-state index contributed by atoms with van der Waals surface area (Å²) in [5.74, 6) is -0.222. The summed E-state index contributed by atoms with van der Waals surface area (Å²) in [6, 6.07) is 7.66. The van der Waals surface area contributed by atoms with Gasteiger partial charge in [0, 0.05) is 15.8 Å². The van der Waals surface area contributed by atoms with Gasteiger partial charge in [0.2, 0.25) is 0 Å². The van der Waals surface area contributed by atoms with Gasteiger partial charge in [-0.1, -0.05) is 13.3 Å². The summed E-state index contributed by atoms with van der Waals surface area (Å²) in [6.07, 6.45) is 2.07. The van der Waals surface area contributed by atoms with Gasteiger partial charge in [0.1, 0.15) is 5.82 Å². The van der Waals surface area contributed by atoms with Crippen molar-refractivity contribution < 1.29 is 4.39 Å². The van der Waals surface area contributed by atoms with Crippen LogP contribution in [0.1, 0.15) is 36.2 Å². The zero-order chi connectivity index (χ0) is 14.0. The van der Waals surface area contributed by atoms with Crippen molar-refractivity contribution in [1.29, 1.82) is 0 Å². The molecule has 1 heterocycles. The van der Waals surface area contributed by atoms with Gasteiger partial charge in [0.05, 0.1) is 4.47 Å². The van der Waals surface area contributed by atoms with Crippen molar-refractivity contribution >= 4 is 27.3 Å². The summed E-state index contributed by atoms with van der Waals surface area (Å²) in [5.41, 5.74) is 8.14. The third-order valence-corrected chi connectivity index (χ3v) is 4.98. The summed E-state index contributed by atoms with van der Waals surface area (Å²) in [4.78, 5) is 2.33. The van der Waals surface area contributed by atoms with Gasteiger partial charge in [-0.3, -0.25) is 0 Å². The van der Waals surface area contributed by atoms with Crippen molar-refractivity contribution in [3.63, 3.8) is 0 Å². The second kappa shape index (κ2) is 6.16. The van der Waals surface area contributed by atoms with Crippen LogP contribution in [0.25, 0.3) is 10.4 Å². The van der Waals surface area contributed by atoms with Gasteiger partial charge in [0.15, 0.2) is 0 Å². The second-order valence-electron chi connectivity index (χ2n) is 4.68. The maximum absolute atomic E-state index is 13.4. The fourth-order valence-electron chi connectivity index (χ4n) is 2.06. The molecule has 2 rings (SSSR count). The quantitative estimate of drug-likeness (QED) is 0.788. The van der Waals surface area contributed by atoms with Gasteiger partial charge >= 0.3 is 0 Å². The molecule has 0 saturated heterocycles. The van der Waals surface area contributed by atoms with Crippen LogP contribution in [0.3, 0.4) is 0 Å². The molecule has 0 spiro atoms. The SMILES string of the molecule is CCCC(N)c1ccc(-c2cc(Br)c(F)cc2C)s1. The van der Waals surface area contributed by atoms with E-state index in [0.717, 1.165) is 28.8 Å². The van der Waals surface area contributed by atoms with Crippen LogP contribution in [0.5, 0.6) is 0 Å². The third kappa shape index (κ3) is 3.25. The molecule has 4 heteroatoms. The van der Waals surface area contributed by atoms with Crippen molar-refractivity contribution in [2.45, 2.75) is 32.7 Å². The van der Waals surface area contributed by atoms with E-state index in [4.69, 9.17) is 5.73 Å². The average molecular weight is 342 g/mol. The molecule has 0 aliphatic rings. The number of hydrogen-bond acceptors (Lipinski definition) is 2. The van der Waals surface area contributed by atoms with Gasteiger partial charge in [-0.2, -0.15) is 0 Å². The molecule has 1 atom stereocenters. The number of rotatable bonds is 4. The molecule has 1 nitrogen and oxygen atoms in total. The van der Waals surface area contributed by atoms with Crippen molar-refractivity contribution in [3.8, 4) is 10.4 Å². The number of halogens is 2. The molecule has 1 unspecified atom stereocenters. The zero-order valence-electron chi connectivity index (χ0n) is 11.0. The standard InChI is InChI=1S/C15H17BrFNS/c1-3-4-13(18)15-6-5-14(19-15)10-8-11(16)12(17)7-9(10)2/h5-8,13H,3-4,18H2,1-2H3. The first-order chi connectivity index (χ1) is 9.02. The molecule has 2 N–H and O–H groups in total. The molecule has 1 aromatic heterocycles. The molecule has 0 amide bonds. The van der Waals surface area contributed by atoms with Gasteiger partial charge in [-0.15, -0.1) is 11.3 Å². The highest BCUT2D eigenvalue weighted by molar-refractivity contribution is 9.10. The molecule has 0 fully saturated rings. The van der Waals surface area contributed by atoms with Crippen LogP contribution in [-0.2, 0) is 0 Å². The van der Waals surface area contributed by atoms with Crippen molar-refractivity contribution in [2.24, 2.45) is 5.73 Å². The monoisotopic (exact) mass is 341 g/mol. The van der Waals surface area contributed by atoms with E-state index in [1.54, 1.807) is 17.4 Å². The molecule has 1 aromatic carbocycles. The smallest absolute Gasteiger partial charge is 0.137 e. The lowest BCUT2D eigenvalue weighted by atomic mass is 10.1. The Hall–Kier alpha value is -0.710. The third-order valence-electron chi connectivity index (χ3n) is 3.12. The maximum atomic E-state index is 13.4. The summed E-state index contributed by atoms with van der Waals surface area (Å²) >= 11 is 4.94. The van der Waals surface area contributed by atoms with E-state index in [9.17, 15) is 4.39 Å². The summed E-state index contributed by atoms with van der Waals surface area (Å²) < 4.78 is 13.9. The molecule has 102 valence electrons. The first-order valence-corrected chi connectivity index (χ1v) is 7.95. The number of aryl methyl sites for hydroxylation is 1. The van der Waals surface area contributed by atoms with E-state index < -0.39 is 0 Å². The Morgan fingerprint density at radius 2 is 2.11 bits per heavy atom. The summed E-state index contributed by atoms with van der Waals surface area (Å²) in [5, 5.41) is 0. The molecule has 0 radical (unpaired) electrons. The van der Waals surface area contributed by atoms with Crippen molar-refractivity contribution in [1.82, 2.24) is 0 Å². The fraction of sp³-hybridized carbons (Fsp3) is 0.333. The Morgan fingerprint density at radius 3 is 2.79 bits per heavy atom. The maximum Gasteiger partial charge on any atom is 0.137 e. The number of nitrogens with two attached hydrogens (primary N) is 1. The molecule has 19 heavy (non-hydrogen) atoms. The van der Waals surface area contributed by atoms with E-state index in [1.165, 1.54) is 4.88 Å². The normalized spacial score (nSPS) is 12.7. The number of thiophene rings is 1. The minimum atomic E-state index is -0.222. The van der Waals surface area contributed by atoms with Gasteiger partial charge in [-0.25, -0.2) is 4.39 Å². The van der Waals surface area contributed by atoms with Crippen LogP contribution < -0.4 is 5.73 Å². The summed E-state index contributed by atoms with van der Waals surface area (Å²) in [6.45, 7) is 4.06. The molecular formula is C15H17BrFNS. The molecule has 0 saturated carbocycles. The number of hydrogen-bond donors (Lipinski definition) is 1. The molecular weight excluding hydrogens is 325 g/mol. The van der Waals surface area contributed by atoms with E-state index in [1.807, 2.05) is 13.0 Å². The lowest BCUT2D eigenvalue weighted by molar-refractivity contribution is 0.620. The predicted octanol–water partition coefficient (Wildman–Crippen LogP) is 5.43. The molecule has 2 aromatic rings. The Kier molecular flexibility index (Phi) is 4.76. The molecule has 0 bridgehead atoms. The van der Waals surface area contributed by atoms with E-state index >= 15 is 0 Å². The number of benzene rings is 1. The van der Waals surface area contributed by atoms with Crippen LogP contribution in [-0.4, -0.2) is 0 Å². The van der Waals surface area contributed by atoms with Gasteiger partial charge in [-0.05, 0) is 64.7 Å². The van der Waals surface area contributed by atoms with Crippen molar-refractivity contribution in [3.05, 3.63) is 45.0 Å². The Bertz CT molecular complexity index is 580. The van der Waals surface area contributed by atoms with Crippen LogP contribution in [0, 0.1) is 12.7 Å². The van der Waals surface area contributed by atoms with Crippen LogP contribution in [0.15, 0.2) is 28.7 Å². The fourth-order valence-corrected chi connectivity index (χ4v) is 3.53. The Balaban J connectivity index is 2.35. The Morgan fingerprint density at radius 1 is 1.37 bits per heavy atom. The van der Waals surface area contributed by atoms with Crippen LogP contribution in [0.4, 0.5) is 4.39 Å². The zero-order valence-corrected chi connectivity index (χ0v) is 13.4. The summed E-state index contributed by atoms with van der Waals surface area (Å²) in [7, 11) is 0. The highest BCUT2D eigenvalue weighted by atomic mass is 79.9. The highest BCUT2D eigenvalue weighted by Crippen LogP contribution is 2.35. The predicted molar refractivity (Wildman–Crippen MR) is 84.0 cm³/mol. The second-order valence-corrected chi connectivity index (χ2v) is 6.65. The van der Waals surface area contributed by atoms with Gasteiger partial charge < -0.3 is 5.73 Å². The highest BCUT2D eigenvalue weighted by Gasteiger charge is 2.12. The Labute approximate surface area is 125 Å². The van der Waals surface area contributed by atoms with Crippen molar-refractivity contribution in [2.75, 3.05) is 0 Å². The van der Waals surface area contributed by atoms with Gasteiger partial charge in [0.25, 0.3) is 0 Å². The van der Waals surface area contributed by atoms with Crippen LogP contribution in [0.2, 0.25) is 0 Å². The first-order valence-electron chi connectivity index (χ1n) is 6.34. The minimum absolute atomic E-state index is 0.105. The average Bonchev–Trinajstić information content (AvgIpc) is 2.83. The van der Waals surface area contributed by atoms with Crippen LogP contribution >= 0.6 is 27.3 Å². The minimum Gasteiger partial charge on any atom is -0.323 e. The van der Waals surface area contributed by atoms with E-state index in [0.29, 0.717) is 4.47 Å². The lowest BCUT2D eigenvalue weighted by Gasteiger charge is -2.07. The topological polar surface area (TPSA) is 26.0 Å².